The van der Waals surface area contributed by atoms with Gasteiger partial charge in [0.25, 0.3) is 0 Å². The maximum atomic E-state index is 5.37. The first kappa shape index (κ1) is 8.88. The van der Waals surface area contributed by atoms with Gasteiger partial charge in [0.05, 0.1) is 25.5 Å². The second-order valence-corrected chi connectivity index (χ2v) is 5.26. The Hall–Kier alpha value is -0.390. The van der Waals surface area contributed by atoms with Crippen LogP contribution in [0.2, 0.25) is 0 Å². The lowest BCUT2D eigenvalue weighted by Crippen LogP contribution is -1.89. The van der Waals surface area contributed by atoms with E-state index in [0.29, 0.717) is 0 Å². The number of H-pyrrole nitrogens is 2. The van der Waals surface area contributed by atoms with Crippen LogP contribution in [0.4, 0.5) is 0 Å². The third kappa shape index (κ3) is 1.03. The predicted molar refractivity (Wildman–Crippen MR) is 66.8 cm³/mol. The van der Waals surface area contributed by atoms with E-state index in [1.807, 2.05) is 12.1 Å². The number of hydrogen-bond acceptors (Lipinski definition) is 1. The van der Waals surface area contributed by atoms with Gasteiger partial charge in [0.15, 0.2) is 0 Å². The van der Waals surface area contributed by atoms with Crippen LogP contribution in [0, 0.1) is 0 Å². The number of rotatable bonds is 0. The predicted octanol–water partition coefficient (Wildman–Crippen LogP) is 3.61. The molecule has 0 amide bonds. The lowest BCUT2D eigenvalue weighted by atomic mass is 10.2. The van der Waals surface area contributed by atoms with Gasteiger partial charge < -0.3 is 9.97 Å². The van der Waals surface area contributed by atoms with E-state index < -0.39 is 0 Å². The Morgan fingerprint density at radius 1 is 0.929 bits per heavy atom. The lowest BCUT2D eigenvalue weighted by Gasteiger charge is -1.89. The van der Waals surface area contributed by atoms with Crippen LogP contribution in [-0.4, -0.2) is 14.8 Å². The molecule has 2 heterocycles. The molecule has 0 bridgehead atoms. The summed E-state index contributed by atoms with van der Waals surface area (Å²) in [7, 11) is 0. The van der Waals surface area contributed by atoms with Crippen molar-refractivity contribution in [3.8, 4) is 11.4 Å². The molecule has 1 aliphatic rings. The fraction of sp³-hybridized carbons (Fsp3) is 0. The van der Waals surface area contributed by atoms with Crippen LogP contribution in [0.25, 0.3) is 11.4 Å². The van der Waals surface area contributed by atoms with Crippen molar-refractivity contribution in [1.82, 2.24) is 9.97 Å². The van der Waals surface area contributed by atoms with E-state index in [9.17, 15) is 0 Å². The Kier molecular flexibility index (Phi) is 1.78. The zero-order valence-electron chi connectivity index (χ0n) is 6.82. The zero-order chi connectivity index (χ0) is 9.87. The molecule has 0 spiro atoms. The number of halogens is 2. The molecule has 2 nitrogen and oxygen atoms in total. The van der Waals surface area contributed by atoms with Crippen LogP contribution in [0.3, 0.4) is 0 Å². The molecule has 0 aliphatic heterocycles. The van der Waals surface area contributed by atoms with Crippen LogP contribution in [0.15, 0.2) is 21.3 Å². The minimum Gasteiger partial charge on any atom is -0.348 e. The smallest absolute Gasteiger partial charge is 0.0832 e. The summed E-state index contributed by atoms with van der Waals surface area (Å²) >= 11 is 12.2. The zero-order valence-corrected chi connectivity index (χ0v) is 10.8. The van der Waals surface area contributed by atoms with Gasteiger partial charge in [-0.25, -0.2) is 0 Å². The second kappa shape index (κ2) is 2.81. The summed E-state index contributed by atoms with van der Waals surface area (Å²) in [6.07, 6.45) is 0. The topological polar surface area (TPSA) is 31.6 Å². The highest BCUT2D eigenvalue weighted by Crippen LogP contribution is 2.38. The van der Waals surface area contributed by atoms with Crippen LogP contribution < -0.4 is 0 Å². The quantitative estimate of drug-likeness (QED) is 0.606. The molecule has 0 radical (unpaired) electrons. The van der Waals surface area contributed by atoms with Gasteiger partial charge in [0.1, 0.15) is 0 Å². The number of fused-ring (bicyclic) bond motifs is 3. The summed E-state index contributed by atoms with van der Waals surface area (Å²) in [5, 5.41) is 0. The van der Waals surface area contributed by atoms with Gasteiger partial charge in [-0.1, -0.05) is 12.2 Å². The molecule has 14 heavy (non-hydrogen) atoms. The average molecular weight is 332 g/mol. The van der Waals surface area contributed by atoms with Crippen molar-refractivity contribution < 1.29 is 0 Å². The highest BCUT2D eigenvalue weighted by Gasteiger charge is 2.27. The van der Waals surface area contributed by atoms with Gasteiger partial charge >= 0.3 is 0 Å². The summed E-state index contributed by atoms with van der Waals surface area (Å²) in [6, 6.07) is 4.03. The second-order valence-electron chi connectivity index (χ2n) is 3.14. The average Bonchev–Trinajstić information content (AvgIpc) is 2.71. The monoisotopic (exact) mass is 330 g/mol. The van der Waals surface area contributed by atoms with Crippen molar-refractivity contribution in [3.63, 3.8) is 0 Å². The Bertz CT molecular complexity index is 505. The SMILES string of the molecule is S=C1c2cc(Br)[nH]c2-c2[nH]c(Br)cc21. The number of nitrogens with one attached hydrogen (secondary N) is 2. The van der Waals surface area contributed by atoms with Crippen LogP contribution in [0.1, 0.15) is 11.1 Å². The number of thiocarbonyl (C=S) groups is 1. The van der Waals surface area contributed by atoms with E-state index in [-0.39, 0.29) is 0 Å². The number of hydrogen-bond donors (Lipinski definition) is 2. The molecule has 2 N–H and O–H groups in total. The van der Waals surface area contributed by atoms with Gasteiger partial charge in [-0.3, -0.25) is 0 Å². The summed E-state index contributed by atoms with van der Waals surface area (Å²) < 4.78 is 1.92. The molecule has 3 rings (SSSR count). The van der Waals surface area contributed by atoms with Crippen molar-refractivity contribution in [2.45, 2.75) is 0 Å². The molecular weight excluding hydrogens is 328 g/mol. The first-order chi connectivity index (χ1) is 6.66. The van der Waals surface area contributed by atoms with E-state index in [1.54, 1.807) is 0 Å². The molecule has 0 unspecified atom stereocenters. The lowest BCUT2D eigenvalue weighted by molar-refractivity contribution is 1.29. The fourth-order valence-corrected chi connectivity index (χ4v) is 2.92. The Balaban J connectivity index is 2.37. The Morgan fingerprint density at radius 3 is 1.79 bits per heavy atom. The molecule has 2 aromatic rings. The highest BCUT2D eigenvalue weighted by atomic mass is 79.9. The van der Waals surface area contributed by atoms with Crippen molar-refractivity contribution >= 4 is 48.9 Å². The van der Waals surface area contributed by atoms with E-state index in [2.05, 4.69) is 41.8 Å². The first-order valence-electron chi connectivity index (χ1n) is 3.99. The van der Waals surface area contributed by atoms with E-state index >= 15 is 0 Å². The van der Waals surface area contributed by atoms with Crippen molar-refractivity contribution in [1.29, 1.82) is 0 Å². The summed E-state index contributed by atoms with van der Waals surface area (Å²) in [5.41, 5.74) is 4.34. The van der Waals surface area contributed by atoms with Crippen molar-refractivity contribution in [2.75, 3.05) is 0 Å². The van der Waals surface area contributed by atoms with E-state index in [4.69, 9.17) is 12.2 Å². The van der Waals surface area contributed by atoms with Gasteiger partial charge in [-0.05, 0) is 44.0 Å². The van der Waals surface area contributed by atoms with Crippen LogP contribution in [-0.2, 0) is 0 Å². The molecule has 0 fully saturated rings. The highest BCUT2D eigenvalue weighted by molar-refractivity contribution is 9.10. The third-order valence-corrected chi connectivity index (χ3v) is 3.60. The molecule has 0 aromatic carbocycles. The maximum absolute atomic E-state index is 5.37. The van der Waals surface area contributed by atoms with Gasteiger partial charge in [0.2, 0.25) is 0 Å². The largest absolute Gasteiger partial charge is 0.348 e. The van der Waals surface area contributed by atoms with Crippen molar-refractivity contribution in [2.24, 2.45) is 0 Å². The standard InChI is InChI=1S/C9H4Br2N2S/c10-5-1-3-7(12-5)8-4(9(3)14)2-6(11)13-8/h1-2,12-13H. The summed E-state index contributed by atoms with van der Waals surface area (Å²) in [5.74, 6) is 0. The van der Waals surface area contributed by atoms with E-state index in [1.165, 1.54) is 0 Å². The van der Waals surface area contributed by atoms with Crippen molar-refractivity contribution in [3.05, 3.63) is 32.5 Å². The molecule has 5 heteroatoms. The Labute approximate surface area is 102 Å². The third-order valence-electron chi connectivity index (χ3n) is 2.31. The summed E-state index contributed by atoms with van der Waals surface area (Å²) in [4.78, 5) is 7.37. The number of aromatic amines is 2. The molecular formula is C9H4Br2N2S. The van der Waals surface area contributed by atoms with Crippen LogP contribution in [0.5, 0.6) is 0 Å². The molecule has 1 aliphatic carbocycles. The molecule has 70 valence electrons. The molecule has 0 saturated heterocycles. The number of aromatic nitrogens is 2. The molecule has 2 aromatic heterocycles. The minimum atomic E-state index is 0.902. The maximum Gasteiger partial charge on any atom is 0.0832 e. The van der Waals surface area contributed by atoms with Gasteiger partial charge in [0, 0.05) is 11.1 Å². The molecule has 0 saturated carbocycles. The minimum absolute atomic E-state index is 0.902. The van der Waals surface area contributed by atoms with Gasteiger partial charge in [-0.15, -0.1) is 0 Å². The summed E-state index contributed by atoms with van der Waals surface area (Å²) in [6.45, 7) is 0. The van der Waals surface area contributed by atoms with E-state index in [0.717, 1.165) is 36.6 Å². The van der Waals surface area contributed by atoms with Crippen LogP contribution >= 0.6 is 44.1 Å². The fourth-order valence-electron chi connectivity index (χ4n) is 1.74. The van der Waals surface area contributed by atoms with Gasteiger partial charge in [-0.2, -0.15) is 0 Å². The first-order valence-corrected chi connectivity index (χ1v) is 5.98. The molecule has 0 atom stereocenters. The Morgan fingerprint density at radius 2 is 1.36 bits per heavy atom. The normalized spacial score (nSPS) is 13.1.